The van der Waals surface area contributed by atoms with Gasteiger partial charge in [-0.25, -0.2) is 0 Å². The summed E-state index contributed by atoms with van der Waals surface area (Å²) < 4.78 is 3.14. The van der Waals surface area contributed by atoms with Crippen LogP contribution in [-0.2, 0) is 13.5 Å². The van der Waals surface area contributed by atoms with E-state index in [1.807, 2.05) is 17.9 Å². The second-order valence-electron chi connectivity index (χ2n) is 4.75. The highest BCUT2D eigenvalue weighted by Gasteiger charge is 2.13. The van der Waals surface area contributed by atoms with E-state index in [-0.39, 0.29) is 0 Å². The second-order valence-corrected chi connectivity index (χ2v) is 5.99. The molecule has 1 atom stereocenters. The molecule has 0 aliphatic heterocycles. The molecule has 1 N–H and O–H groups in total. The molecular formula is C15H20IN3. The third-order valence-electron chi connectivity index (χ3n) is 3.07. The summed E-state index contributed by atoms with van der Waals surface area (Å²) in [5.74, 6) is 0. The summed E-state index contributed by atoms with van der Waals surface area (Å²) in [7, 11) is 1.96. The molecule has 0 saturated carbocycles. The van der Waals surface area contributed by atoms with Crippen LogP contribution in [0.5, 0.6) is 0 Å². The third-order valence-corrected chi connectivity index (χ3v) is 3.74. The molecule has 2 aromatic rings. The fourth-order valence-electron chi connectivity index (χ4n) is 2.13. The predicted octanol–water partition coefficient (Wildman–Crippen LogP) is 3.31. The van der Waals surface area contributed by atoms with Crippen molar-refractivity contribution in [1.82, 2.24) is 15.1 Å². The van der Waals surface area contributed by atoms with Gasteiger partial charge in [-0.3, -0.25) is 4.68 Å². The Morgan fingerprint density at radius 1 is 1.37 bits per heavy atom. The Kier molecular flexibility index (Phi) is 5.39. The fraction of sp³-hybridized carbons (Fsp3) is 0.400. The Morgan fingerprint density at radius 3 is 2.84 bits per heavy atom. The Bertz CT molecular complexity index is 522. The van der Waals surface area contributed by atoms with E-state index in [1.165, 1.54) is 9.13 Å². The van der Waals surface area contributed by atoms with E-state index in [0.717, 1.165) is 25.1 Å². The number of aromatic nitrogens is 2. The molecule has 0 aliphatic carbocycles. The highest BCUT2D eigenvalue weighted by Crippen LogP contribution is 2.19. The smallest absolute Gasteiger partial charge is 0.0643 e. The average molecular weight is 369 g/mol. The quantitative estimate of drug-likeness (QED) is 0.792. The van der Waals surface area contributed by atoms with Crippen molar-refractivity contribution in [2.75, 3.05) is 6.54 Å². The van der Waals surface area contributed by atoms with E-state index in [2.05, 4.69) is 70.3 Å². The lowest BCUT2D eigenvalue weighted by Gasteiger charge is -2.18. The first kappa shape index (κ1) is 14.5. The monoisotopic (exact) mass is 369 g/mol. The van der Waals surface area contributed by atoms with E-state index in [9.17, 15) is 0 Å². The van der Waals surface area contributed by atoms with Gasteiger partial charge in [0, 0.05) is 29.3 Å². The van der Waals surface area contributed by atoms with Gasteiger partial charge in [-0.05, 0) is 59.3 Å². The van der Waals surface area contributed by atoms with Crippen molar-refractivity contribution in [2.45, 2.75) is 25.8 Å². The van der Waals surface area contributed by atoms with Gasteiger partial charge >= 0.3 is 0 Å². The van der Waals surface area contributed by atoms with E-state index in [4.69, 9.17) is 0 Å². The molecule has 0 aliphatic rings. The topological polar surface area (TPSA) is 29.9 Å². The van der Waals surface area contributed by atoms with Crippen LogP contribution in [0.3, 0.4) is 0 Å². The normalized spacial score (nSPS) is 12.6. The zero-order valence-electron chi connectivity index (χ0n) is 11.4. The van der Waals surface area contributed by atoms with Crippen molar-refractivity contribution in [2.24, 2.45) is 7.05 Å². The summed E-state index contributed by atoms with van der Waals surface area (Å²) in [4.78, 5) is 0. The van der Waals surface area contributed by atoms with Crippen molar-refractivity contribution >= 4 is 22.6 Å². The Balaban J connectivity index is 2.15. The molecule has 1 aromatic carbocycles. The molecule has 0 saturated heterocycles. The lowest BCUT2D eigenvalue weighted by molar-refractivity contribution is 0.521. The summed E-state index contributed by atoms with van der Waals surface area (Å²) in [6.45, 7) is 3.22. The number of benzene rings is 1. The van der Waals surface area contributed by atoms with Crippen LogP contribution in [-0.4, -0.2) is 16.3 Å². The van der Waals surface area contributed by atoms with Crippen molar-refractivity contribution in [3.05, 3.63) is 51.4 Å². The maximum Gasteiger partial charge on any atom is 0.0643 e. The molecule has 1 aromatic heterocycles. The Labute approximate surface area is 128 Å². The number of nitrogens with zero attached hydrogens (tertiary/aromatic N) is 2. The van der Waals surface area contributed by atoms with Gasteiger partial charge in [0.25, 0.3) is 0 Å². The third kappa shape index (κ3) is 4.31. The van der Waals surface area contributed by atoms with Crippen LogP contribution in [0.4, 0.5) is 0 Å². The molecule has 102 valence electrons. The van der Waals surface area contributed by atoms with Crippen LogP contribution in [0.2, 0.25) is 0 Å². The van der Waals surface area contributed by atoms with Crippen LogP contribution < -0.4 is 5.32 Å². The number of hydrogen-bond acceptors (Lipinski definition) is 2. The van der Waals surface area contributed by atoms with E-state index in [1.54, 1.807) is 0 Å². The molecule has 4 heteroatoms. The van der Waals surface area contributed by atoms with Gasteiger partial charge in [-0.15, -0.1) is 0 Å². The molecule has 1 unspecified atom stereocenters. The number of nitrogens with one attached hydrogen (secondary N) is 1. The Morgan fingerprint density at radius 2 is 2.21 bits per heavy atom. The van der Waals surface area contributed by atoms with Crippen LogP contribution >= 0.6 is 22.6 Å². The van der Waals surface area contributed by atoms with Crippen LogP contribution in [0.25, 0.3) is 0 Å². The minimum atomic E-state index is 0.338. The van der Waals surface area contributed by atoms with Crippen LogP contribution in [0.15, 0.2) is 36.5 Å². The lowest BCUT2D eigenvalue weighted by atomic mass is 10.0. The van der Waals surface area contributed by atoms with Gasteiger partial charge in [0.15, 0.2) is 0 Å². The average Bonchev–Trinajstić information content (AvgIpc) is 2.80. The van der Waals surface area contributed by atoms with Crippen molar-refractivity contribution in [1.29, 1.82) is 0 Å². The number of halogens is 1. The van der Waals surface area contributed by atoms with Crippen molar-refractivity contribution < 1.29 is 0 Å². The summed E-state index contributed by atoms with van der Waals surface area (Å²) in [5, 5.41) is 8.10. The first-order chi connectivity index (χ1) is 9.19. The Hall–Kier alpha value is -0.880. The van der Waals surface area contributed by atoms with Crippen LogP contribution in [0, 0.1) is 3.57 Å². The minimum Gasteiger partial charge on any atom is -0.310 e. The molecular weight excluding hydrogens is 349 g/mol. The molecule has 0 spiro atoms. The predicted molar refractivity (Wildman–Crippen MR) is 87.1 cm³/mol. The summed E-state index contributed by atoms with van der Waals surface area (Å²) in [5.41, 5.74) is 2.47. The van der Waals surface area contributed by atoms with Gasteiger partial charge < -0.3 is 5.32 Å². The molecule has 3 nitrogen and oxygen atoms in total. The molecule has 0 fully saturated rings. The largest absolute Gasteiger partial charge is 0.310 e. The minimum absolute atomic E-state index is 0.338. The molecule has 2 rings (SSSR count). The van der Waals surface area contributed by atoms with Gasteiger partial charge in [-0.2, -0.15) is 5.10 Å². The van der Waals surface area contributed by atoms with Gasteiger partial charge in [0.05, 0.1) is 5.69 Å². The molecule has 19 heavy (non-hydrogen) atoms. The zero-order chi connectivity index (χ0) is 13.7. The maximum absolute atomic E-state index is 4.48. The van der Waals surface area contributed by atoms with Crippen molar-refractivity contribution in [3.63, 3.8) is 0 Å². The second kappa shape index (κ2) is 7.05. The summed E-state index contributed by atoms with van der Waals surface area (Å²) in [6, 6.07) is 11.1. The molecule has 0 bridgehead atoms. The standard InChI is InChI=1S/C15H20IN3/c1-3-8-17-15(11-14-7-9-19(2)18-14)12-5-4-6-13(16)10-12/h4-7,9-10,15,17H,3,8,11H2,1-2H3. The van der Waals surface area contributed by atoms with E-state index < -0.39 is 0 Å². The van der Waals surface area contributed by atoms with Gasteiger partial charge in [0.2, 0.25) is 0 Å². The van der Waals surface area contributed by atoms with E-state index >= 15 is 0 Å². The summed E-state index contributed by atoms with van der Waals surface area (Å²) in [6.07, 6.45) is 4.07. The van der Waals surface area contributed by atoms with Crippen molar-refractivity contribution in [3.8, 4) is 0 Å². The molecule has 0 radical (unpaired) electrons. The molecule has 0 amide bonds. The van der Waals surface area contributed by atoms with Gasteiger partial charge in [0.1, 0.15) is 0 Å². The highest BCUT2D eigenvalue weighted by molar-refractivity contribution is 14.1. The lowest BCUT2D eigenvalue weighted by Crippen LogP contribution is -2.24. The number of aryl methyl sites for hydroxylation is 1. The number of hydrogen-bond donors (Lipinski definition) is 1. The number of rotatable bonds is 6. The highest BCUT2D eigenvalue weighted by atomic mass is 127. The SMILES string of the molecule is CCCNC(Cc1ccn(C)n1)c1cccc(I)c1. The molecule has 1 heterocycles. The van der Waals surface area contributed by atoms with E-state index in [0.29, 0.717) is 6.04 Å². The zero-order valence-corrected chi connectivity index (χ0v) is 13.6. The first-order valence-electron chi connectivity index (χ1n) is 6.66. The fourth-order valence-corrected chi connectivity index (χ4v) is 2.70. The maximum atomic E-state index is 4.48. The first-order valence-corrected chi connectivity index (χ1v) is 7.74. The van der Waals surface area contributed by atoms with Crippen LogP contribution in [0.1, 0.15) is 30.6 Å². The van der Waals surface area contributed by atoms with Gasteiger partial charge in [-0.1, -0.05) is 19.1 Å². The summed E-state index contributed by atoms with van der Waals surface area (Å²) >= 11 is 2.36.